The summed E-state index contributed by atoms with van der Waals surface area (Å²) < 4.78 is 15.6. The first-order valence-electron chi connectivity index (χ1n) is 16.3. The van der Waals surface area contributed by atoms with E-state index < -0.39 is 48.3 Å². The molecule has 0 unspecified atom stereocenters. The zero-order valence-electron chi connectivity index (χ0n) is 29.1. The average Bonchev–Trinajstić information content (AvgIpc) is 3.09. The van der Waals surface area contributed by atoms with E-state index >= 15 is 0 Å². The number of hydrazine groups is 1. The third-order valence-electron chi connectivity index (χ3n) is 7.99. The molecule has 12 nitrogen and oxygen atoms in total. The Labute approximate surface area is 288 Å². The van der Waals surface area contributed by atoms with Gasteiger partial charge in [0.1, 0.15) is 18.2 Å². The summed E-state index contributed by atoms with van der Waals surface area (Å²) in [6.07, 6.45) is -2.26. The molecule has 0 saturated carbocycles. The van der Waals surface area contributed by atoms with E-state index in [9.17, 15) is 19.2 Å². The highest BCUT2D eigenvalue weighted by molar-refractivity contribution is 5.86. The summed E-state index contributed by atoms with van der Waals surface area (Å²) >= 11 is 0. The van der Waals surface area contributed by atoms with E-state index in [-0.39, 0.29) is 24.8 Å². The van der Waals surface area contributed by atoms with Crippen LogP contribution in [-0.2, 0) is 36.8 Å². The van der Waals surface area contributed by atoms with Gasteiger partial charge >= 0.3 is 18.2 Å². The van der Waals surface area contributed by atoms with Crippen LogP contribution < -0.4 is 21.8 Å². The van der Waals surface area contributed by atoms with E-state index in [4.69, 9.17) is 20.1 Å². The molecule has 4 atom stereocenters. The normalized spacial score (nSPS) is 13.6. The second kappa shape index (κ2) is 19.2. The predicted molar refractivity (Wildman–Crippen MR) is 187 cm³/mol. The number of hydrogen-bond donors (Lipinski definition) is 4. The van der Waals surface area contributed by atoms with Crippen LogP contribution in [0.3, 0.4) is 0 Å². The molecule has 3 amide bonds. The average molecular weight is 676 g/mol. The SMILES string of the molecule is COC(=O)N[C@H](C(=O)N[C@@H](Cc1ccccc1)[C@H](CN(N)Cc1ccc(-c2ccccc2)cc1)OC(=O)[C@H](NC(=O)OC)C(C)C)C(C)C. The molecule has 49 heavy (non-hydrogen) atoms. The Hall–Kier alpha value is -4.94. The molecule has 0 aromatic heterocycles. The molecule has 12 heteroatoms. The Bertz CT molecular complexity index is 1490. The standard InChI is InChI=1S/C37H49N5O7/c1-24(2)32(40-36(45)47-5)34(43)39-30(21-26-13-9-7-10-14-26)31(49-35(44)33(25(3)4)41-37(46)48-6)23-42(38)22-27-17-19-29(20-18-27)28-15-11-8-12-16-28/h7-20,24-25,30-33H,21-23,38H2,1-6H3,(H,39,43)(H,40,45)(H,41,46)/t30-,31-,32-,33+/m0/s1. The molecular weight excluding hydrogens is 626 g/mol. The minimum absolute atomic E-state index is 0.0176. The van der Waals surface area contributed by atoms with E-state index in [2.05, 4.69) is 16.0 Å². The maximum absolute atomic E-state index is 13.7. The molecular formula is C37H49N5O7. The lowest BCUT2D eigenvalue weighted by Crippen LogP contribution is -2.58. The second-order valence-corrected chi connectivity index (χ2v) is 12.5. The van der Waals surface area contributed by atoms with Gasteiger partial charge in [-0.15, -0.1) is 0 Å². The Balaban J connectivity index is 1.94. The molecule has 3 aromatic rings. The number of carbonyl (C=O) groups excluding carboxylic acids is 4. The van der Waals surface area contributed by atoms with E-state index in [1.54, 1.807) is 27.7 Å². The monoisotopic (exact) mass is 675 g/mol. The Morgan fingerprint density at radius 2 is 1.18 bits per heavy atom. The van der Waals surface area contributed by atoms with Gasteiger partial charge in [-0.1, -0.05) is 113 Å². The van der Waals surface area contributed by atoms with Crippen molar-refractivity contribution in [2.45, 2.75) is 64.9 Å². The lowest BCUT2D eigenvalue weighted by atomic mass is 9.97. The highest BCUT2D eigenvalue weighted by atomic mass is 16.6. The lowest BCUT2D eigenvalue weighted by molar-refractivity contribution is -0.156. The molecule has 0 spiro atoms. The number of carbonyl (C=O) groups is 4. The minimum Gasteiger partial charge on any atom is -0.457 e. The molecule has 0 fully saturated rings. The van der Waals surface area contributed by atoms with Crippen LogP contribution >= 0.6 is 0 Å². The number of alkyl carbamates (subject to hydrolysis) is 2. The van der Waals surface area contributed by atoms with Crippen molar-refractivity contribution in [3.05, 3.63) is 96.1 Å². The summed E-state index contributed by atoms with van der Waals surface area (Å²) in [6.45, 7) is 7.44. The molecule has 0 aliphatic rings. The first-order chi connectivity index (χ1) is 23.4. The smallest absolute Gasteiger partial charge is 0.407 e. The quantitative estimate of drug-likeness (QED) is 0.0745. The molecule has 0 bridgehead atoms. The van der Waals surface area contributed by atoms with Crippen molar-refractivity contribution in [3.8, 4) is 11.1 Å². The number of nitrogens with zero attached hydrogens (tertiary/aromatic N) is 1. The number of nitrogens with two attached hydrogens (primary N) is 1. The summed E-state index contributed by atoms with van der Waals surface area (Å²) in [4.78, 5) is 51.7. The molecule has 3 rings (SSSR count). The summed E-state index contributed by atoms with van der Waals surface area (Å²) in [6, 6.07) is 24.6. The fraction of sp³-hybridized carbons (Fsp3) is 0.405. The fourth-order valence-corrected chi connectivity index (χ4v) is 5.25. The number of nitrogens with one attached hydrogen (secondary N) is 3. The maximum atomic E-state index is 13.7. The van der Waals surface area contributed by atoms with Gasteiger partial charge < -0.3 is 30.2 Å². The molecule has 0 aliphatic heterocycles. The molecule has 0 aliphatic carbocycles. The number of methoxy groups -OCH3 is 2. The maximum Gasteiger partial charge on any atom is 0.407 e. The molecule has 3 aromatic carbocycles. The molecule has 0 heterocycles. The highest BCUT2D eigenvalue weighted by Crippen LogP contribution is 2.20. The van der Waals surface area contributed by atoms with Gasteiger partial charge in [0.25, 0.3) is 0 Å². The van der Waals surface area contributed by atoms with Gasteiger partial charge in [0.2, 0.25) is 5.91 Å². The Morgan fingerprint density at radius 1 is 0.673 bits per heavy atom. The van der Waals surface area contributed by atoms with Crippen LogP contribution in [0, 0.1) is 11.8 Å². The van der Waals surface area contributed by atoms with Gasteiger partial charge in [0, 0.05) is 6.54 Å². The van der Waals surface area contributed by atoms with Crippen molar-refractivity contribution in [3.63, 3.8) is 0 Å². The van der Waals surface area contributed by atoms with Crippen LogP contribution in [0.15, 0.2) is 84.9 Å². The van der Waals surface area contributed by atoms with Crippen molar-refractivity contribution in [1.82, 2.24) is 21.0 Å². The number of benzene rings is 3. The van der Waals surface area contributed by atoms with E-state index in [0.717, 1.165) is 22.3 Å². The molecule has 264 valence electrons. The second-order valence-electron chi connectivity index (χ2n) is 12.5. The molecule has 5 N–H and O–H groups in total. The van der Waals surface area contributed by atoms with Crippen molar-refractivity contribution in [1.29, 1.82) is 0 Å². The van der Waals surface area contributed by atoms with Gasteiger partial charge in [-0.2, -0.15) is 0 Å². The van der Waals surface area contributed by atoms with Crippen LogP contribution in [0.25, 0.3) is 11.1 Å². The minimum atomic E-state index is -1.04. The summed E-state index contributed by atoms with van der Waals surface area (Å²) in [7, 11) is 2.43. The first-order valence-corrected chi connectivity index (χ1v) is 16.3. The van der Waals surface area contributed by atoms with Gasteiger partial charge in [0.05, 0.1) is 26.8 Å². The summed E-state index contributed by atoms with van der Waals surface area (Å²) in [5.41, 5.74) is 3.93. The lowest BCUT2D eigenvalue weighted by Gasteiger charge is -2.34. The fourth-order valence-electron chi connectivity index (χ4n) is 5.25. The van der Waals surface area contributed by atoms with Gasteiger partial charge in [-0.3, -0.25) is 10.6 Å². The predicted octanol–water partition coefficient (Wildman–Crippen LogP) is 4.43. The molecule has 0 radical (unpaired) electrons. The third kappa shape index (κ3) is 12.2. The van der Waals surface area contributed by atoms with E-state index in [0.29, 0.717) is 6.54 Å². The third-order valence-corrected chi connectivity index (χ3v) is 7.99. The number of amides is 3. The van der Waals surface area contributed by atoms with Gasteiger partial charge in [-0.05, 0) is 40.5 Å². The van der Waals surface area contributed by atoms with Crippen LogP contribution in [0.5, 0.6) is 0 Å². The van der Waals surface area contributed by atoms with E-state index in [1.807, 2.05) is 84.9 Å². The number of rotatable bonds is 16. The van der Waals surface area contributed by atoms with Gasteiger partial charge in [0.15, 0.2) is 0 Å². The zero-order chi connectivity index (χ0) is 35.9. The largest absolute Gasteiger partial charge is 0.457 e. The van der Waals surface area contributed by atoms with Crippen LogP contribution in [0.2, 0.25) is 0 Å². The van der Waals surface area contributed by atoms with Gasteiger partial charge in [-0.25, -0.2) is 19.4 Å². The van der Waals surface area contributed by atoms with Crippen molar-refractivity contribution >= 4 is 24.1 Å². The number of ether oxygens (including phenoxy) is 3. The number of hydrogen-bond acceptors (Lipinski definition) is 9. The zero-order valence-corrected chi connectivity index (χ0v) is 29.1. The summed E-state index contributed by atoms with van der Waals surface area (Å²) in [5, 5.41) is 9.67. The van der Waals surface area contributed by atoms with Crippen molar-refractivity contribution < 1.29 is 33.4 Å². The van der Waals surface area contributed by atoms with Crippen molar-refractivity contribution in [2.75, 3.05) is 20.8 Å². The first kappa shape index (κ1) is 38.5. The highest BCUT2D eigenvalue weighted by Gasteiger charge is 2.35. The molecule has 0 saturated heterocycles. The Morgan fingerprint density at radius 3 is 1.71 bits per heavy atom. The Kier molecular flexibility index (Phi) is 15.1. The summed E-state index contributed by atoms with van der Waals surface area (Å²) in [5.74, 6) is 4.74. The van der Waals surface area contributed by atoms with Crippen LogP contribution in [-0.4, -0.2) is 74.1 Å². The van der Waals surface area contributed by atoms with Crippen LogP contribution in [0.4, 0.5) is 9.59 Å². The van der Waals surface area contributed by atoms with E-state index in [1.165, 1.54) is 19.2 Å². The topological polar surface area (TPSA) is 161 Å². The van der Waals surface area contributed by atoms with Crippen LogP contribution in [0.1, 0.15) is 38.8 Å². The number of esters is 1. The van der Waals surface area contributed by atoms with Crippen molar-refractivity contribution in [2.24, 2.45) is 17.7 Å².